The number of hydrogen-bond acceptors (Lipinski definition) is 6. The lowest BCUT2D eigenvalue weighted by molar-refractivity contribution is -0.144. The summed E-state index contributed by atoms with van der Waals surface area (Å²) in [6, 6.07) is 1.43. The molecule has 0 fully saturated rings. The lowest BCUT2D eigenvalue weighted by Gasteiger charge is -2.26. The smallest absolute Gasteiger partial charge is 0.323 e. The molecule has 23 heavy (non-hydrogen) atoms. The van der Waals surface area contributed by atoms with E-state index in [1.165, 1.54) is 4.90 Å². The fraction of sp³-hybridized carbons (Fsp3) is 0.571. The first-order valence-electron chi connectivity index (χ1n) is 7.15. The van der Waals surface area contributed by atoms with Gasteiger partial charge in [-0.05, 0) is 20.3 Å². The maximum absolute atomic E-state index is 12.1. The van der Waals surface area contributed by atoms with Crippen molar-refractivity contribution in [3.05, 3.63) is 11.8 Å². The summed E-state index contributed by atoms with van der Waals surface area (Å²) in [6.07, 6.45) is 0.662. The largest absolute Gasteiger partial charge is 0.480 e. The van der Waals surface area contributed by atoms with Crippen LogP contribution in [0.5, 0.6) is 0 Å². The molecule has 0 aliphatic rings. The molecule has 8 nitrogen and oxygen atoms in total. The van der Waals surface area contributed by atoms with Crippen LogP contribution in [0.25, 0.3) is 0 Å². The van der Waals surface area contributed by atoms with E-state index in [0.717, 1.165) is 11.8 Å². The van der Waals surface area contributed by atoms with Gasteiger partial charge in [-0.25, -0.2) is 0 Å². The maximum Gasteiger partial charge on any atom is 0.323 e. The highest BCUT2D eigenvalue weighted by atomic mass is 32.2. The molecule has 1 heterocycles. The van der Waals surface area contributed by atoms with Gasteiger partial charge in [-0.15, -0.1) is 11.8 Å². The molecule has 0 saturated heterocycles. The van der Waals surface area contributed by atoms with Gasteiger partial charge in [0.15, 0.2) is 5.82 Å². The molecular weight excluding hydrogens is 322 g/mol. The van der Waals surface area contributed by atoms with Crippen molar-refractivity contribution >= 4 is 35.4 Å². The summed E-state index contributed by atoms with van der Waals surface area (Å²) in [5, 5.41) is 15.1. The van der Waals surface area contributed by atoms with Crippen LogP contribution in [-0.2, 0) is 14.4 Å². The quantitative estimate of drug-likeness (QED) is 0.696. The van der Waals surface area contributed by atoms with Crippen LogP contribution in [-0.4, -0.2) is 57.0 Å². The van der Waals surface area contributed by atoms with Crippen LogP contribution in [0.1, 0.15) is 26.0 Å². The van der Waals surface area contributed by atoms with E-state index in [0.29, 0.717) is 18.0 Å². The number of aromatic nitrogens is 1. The van der Waals surface area contributed by atoms with Crippen molar-refractivity contribution in [2.45, 2.75) is 33.2 Å². The minimum atomic E-state index is -1.05. The molecule has 2 amide bonds. The molecule has 1 unspecified atom stereocenters. The Bertz CT molecular complexity index is 560. The molecule has 0 aliphatic carbocycles. The monoisotopic (exact) mass is 343 g/mol. The van der Waals surface area contributed by atoms with E-state index in [-0.39, 0.29) is 35.9 Å². The average molecular weight is 343 g/mol. The fourth-order valence-corrected chi connectivity index (χ4v) is 2.47. The van der Waals surface area contributed by atoms with Crippen molar-refractivity contribution in [1.82, 2.24) is 10.1 Å². The predicted molar refractivity (Wildman–Crippen MR) is 86.3 cm³/mol. The van der Waals surface area contributed by atoms with E-state index >= 15 is 0 Å². The molecule has 0 radical (unpaired) electrons. The van der Waals surface area contributed by atoms with Gasteiger partial charge in [0.25, 0.3) is 0 Å². The van der Waals surface area contributed by atoms with Gasteiger partial charge in [0, 0.05) is 12.1 Å². The molecule has 1 rings (SSSR count). The first kappa shape index (κ1) is 19.0. The molecule has 9 heteroatoms. The Morgan fingerprint density at radius 3 is 2.65 bits per heavy atom. The number of rotatable bonds is 9. The summed E-state index contributed by atoms with van der Waals surface area (Å²) in [4.78, 5) is 36.0. The number of aliphatic carboxylic acids is 1. The number of amides is 2. The second-order valence-electron chi connectivity index (χ2n) is 5.04. The molecule has 0 saturated carbocycles. The van der Waals surface area contributed by atoms with Crippen LogP contribution < -0.4 is 5.32 Å². The van der Waals surface area contributed by atoms with Crippen molar-refractivity contribution in [2.24, 2.45) is 0 Å². The topological polar surface area (TPSA) is 113 Å². The van der Waals surface area contributed by atoms with Crippen LogP contribution >= 0.6 is 11.8 Å². The normalized spacial score (nSPS) is 11.8. The Hall–Kier alpha value is -2.03. The fourth-order valence-electron chi connectivity index (χ4n) is 1.77. The highest BCUT2D eigenvalue weighted by Gasteiger charge is 2.21. The van der Waals surface area contributed by atoms with Crippen LogP contribution in [0.15, 0.2) is 10.6 Å². The molecular formula is C14H21N3O5S. The van der Waals surface area contributed by atoms with E-state index in [1.807, 2.05) is 6.92 Å². The first-order chi connectivity index (χ1) is 10.8. The Morgan fingerprint density at radius 2 is 2.13 bits per heavy atom. The number of aryl methyl sites for hydroxylation is 1. The molecule has 128 valence electrons. The summed E-state index contributed by atoms with van der Waals surface area (Å²) >= 11 is 1.12. The average Bonchev–Trinajstić information content (AvgIpc) is 2.88. The number of thioether (sulfide) groups is 1. The van der Waals surface area contributed by atoms with Gasteiger partial charge in [0.05, 0.1) is 11.5 Å². The molecule has 0 aliphatic heterocycles. The number of carbonyl (C=O) groups is 3. The van der Waals surface area contributed by atoms with Gasteiger partial charge in [-0.1, -0.05) is 12.1 Å². The number of carbonyl (C=O) groups excluding carboxylic acids is 2. The van der Waals surface area contributed by atoms with Crippen molar-refractivity contribution in [3.63, 3.8) is 0 Å². The van der Waals surface area contributed by atoms with Crippen molar-refractivity contribution < 1.29 is 24.0 Å². The summed E-state index contributed by atoms with van der Waals surface area (Å²) in [5.41, 5.74) is 0. The second-order valence-corrected chi connectivity index (χ2v) is 6.02. The summed E-state index contributed by atoms with van der Waals surface area (Å²) in [5.74, 6) is -0.626. The molecule has 1 atom stereocenters. The molecule has 1 aromatic heterocycles. The molecule has 0 spiro atoms. The van der Waals surface area contributed by atoms with Crippen LogP contribution in [0.3, 0.4) is 0 Å². The predicted octanol–water partition coefficient (Wildman–Crippen LogP) is 1.37. The third kappa shape index (κ3) is 6.72. The first-order valence-corrected chi connectivity index (χ1v) is 8.31. The SMILES string of the molecule is CCC(C)N(CC(=O)O)C(=O)CSCC(=O)Nc1cc(C)on1. The lowest BCUT2D eigenvalue weighted by atomic mass is 10.2. The highest BCUT2D eigenvalue weighted by Crippen LogP contribution is 2.11. The zero-order valence-corrected chi connectivity index (χ0v) is 14.2. The lowest BCUT2D eigenvalue weighted by Crippen LogP contribution is -2.42. The Morgan fingerprint density at radius 1 is 1.43 bits per heavy atom. The van der Waals surface area contributed by atoms with Crippen LogP contribution in [0.2, 0.25) is 0 Å². The summed E-state index contributed by atoms with van der Waals surface area (Å²) in [6.45, 7) is 5.05. The minimum absolute atomic E-state index is 0.0445. The minimum Gasteiger partial charge on any atom is -0.480 e. The second kappa shape index (κ2) is 9.19. The molecule has 0 bridgehead atoms. The van der Waals surface area contributed by atoms with E-state index in [9.17, 15) is 14.4 Å². The zero-order valence-electron chi connectivity index (χ0n) is 13.4. The third-order valence-electron chi connectivity index (χ3n) is 3.10. The van der Waals surface area contributed by atoms with E-state index in [4.69, 9.17) is 9.63 Å². The number of anilines is 1. The highest BCUT2D eigenvalue weighted by molar-refractivity contribution is 8.00. The molecule has 0 aromatic carbocycles. The molecule has 2 N–H and O–H groups in total. The number of hydrogen-bond donors (Lipinski definition) is 2. The Labute approximate surface area is 138 Å². The Balaban J connectivity index is 2.41. The van der Waals surface area contributed by atoms with Crippen molar-refractivity contribution in [2.75, 3.05) is 23.4 Å². The maximum atomic E-state index is 12.1. The Kier molecular flexibility index (Phi) is 7.60. The van der Waals surface area contributed by atoms with Crippen molar-refractivity contribution in [1.29, 1.82) is 0 Å². The van der Waals surface area contributed by atoms with E-state index in [1.54, 1.807) is 19.9 Å². The standard InChI is InChI=1S/C14H21N3O5S/c1-4-9(2)17(6-14(20)21)13(19)8-23-7-12(18)15-11-5-10(3)22-16-11/h5,9H,4,6-8H2,1-3H3,(H,20,21)(H,15,16,18). The van der Waals surface area contributed by atoms with E-state index in [2.05, 4.69) is 10.5 Å². The number of carboxylic acid groups (broad SMARTS) is 1. The van der Waals surface area contributed by atoms with Gasteiger partial charge < -0.3 is 19.8 Å². The molecule has 1 aromatic rings. The van der Waals surface area contributed by atoms with Gasteiger partial charge in [0.1, 0.15) is 12.3 Å². The number of nitrogens with one attached hydrogen (secondary N) is 1. The van der Waals surface area contributed by atoms with Gasteiger partial charge in [-0.2, -0.15) is 0 Å². The zero-order chi connectivity index (χ0) is 17.4. The third-order valence-corrected chi connectivity index (χ3v) is 4.02. The number of nitrogens with zero attached hydrogens (tertiary/aromatic N) is 2. The number of carboxylic acids is 1. The van der Waals surface area contributed by atoms with Crippen LogP contribution in [0, 0.1) is 6.92 Å². The van der Waals surface area contributed by atoms with Gasteiger partial charge in [0.2, 0.25) is 11.8 Å². The van der Waals surface area contributed by atoms with Gasteiger partial charge in [-0.3, -0.25) is 14.4 Å². The van der Waals surface area contributed by atoms with Gasteiger partial charge >= 0.3 is 5.97 Å². The van der Waals surface area contributed by atoms with Crippen molar-refractivity contribution in [3.8, 4) is 0 Å². The van der Waals surface area contributed by atoms with Crippen LogP contribution in [0.4, 0.5) is 5.82 Å². The van der Waals surface area contributed by atoms with E-state index < -0.39 is 5.97 Å². The summed E-state index contributed by atoms with van der Waals surface area (Å²) in [7, 11) is 0. The summed E-state index contributed by atoms with van der Waals surface area (Å²) < 4.78 is 4.83.